The van der Waals surface area contributed by atoms with Gasteiger partial charge in [0.05, 0.1) is 13.7 Å². The third kappa shape index (κ3) is 5.33. The average Bonchev–Trinajstić information content (AvgIpc) is 2.43. The minimum Gasteiger partial charge on any atom is -0.466 e. The van der Waals surface area contributed by atoms with Gasteiger partial charge in [0.25, 0.3) is 0 Å². The van der Waals surface area contributed by atoms with Crippen molar-refractivity contribution in [3.8, 4) is 0 Å². The molecule has 0 saturated carbocycles. The lowest BCUT2D eigenvalue weighted by Gasteiger charge is -2.06. The van der Waals surface area contributed by atoms with Crippen molar-refractivity contribution in [3.05, 3.63) is 18.1 Å². The van der Waals surface area contributed by atoms with Crippen molar-refractivity contribution in [2.75, 3.05) is 25.6 Å². The summed E-state index contributed by atoms with van der Waals surface area (Å²) in [5, 5.41) is 2.99. The fourth-order valence-corrected chi connectivity index (χ4v) is 1.33. The number of methoxy groups -OCH3 is 1. The molecule has 1 rings (SSSR count). The molecule has 7 heteroatoms. The molecule has 1 N–H and O–H groups in total. The monoisotopic (exact) mass is 267 g/mol. The summed E-state index contributed by atoms with van der Waals surface area (Å²) in [6.45, 7) is 2.71. The Balaban J connectivity index is 2.37. The van der Waals surface area contributed by atoms with Crippen LogP contribution in [0.5, 0.6) is 0 Å². The average molecular weight is 267 g/mol. The van der Waals surface area contributed by atoms with Crippen LogP contribution in [0, 0.1) is 0 Å². The SMILES string of the molecule is CCOC(=O)CCCNc1ccnc(C(=O)OC)n1. The third-order valence-corrected chi connectivity index (χ3v) is 2.19. The molecule has 7 nitrogen and oxygen atoms in total. The number of nitrogens with zero attached hydrogens (tertiary/aromatic N) is 2. The predicted octanol–water partition coefficient (Wildman–Crippen LogP) is 1.02. The molecule has 0 aliphatic heterocycles. The van der Waals surface area contributed by atoms with E-state index in [1.807, 2.05) is 0 Å². The van der Waals surface area contributed by atoms with Gasteiger partial charge in [0.1, 0.15) is 5.82 Å². The molecule has 0 amide bonds. The molecule has 0 fully saturated rings. The first kappa shape index (κ1) is 14.9. The van der Waals surface area contributed by atoms with Crippen LogP contribution >= 0.6 is 0 Å². The van der Waals surface area contributed by atoms with Gasteiger partial charge in [-0.2, -0.15) is 0 Å². The van der Waals surface area contributed by atoms with Gasteiger partial charge in [-0.25, -0.2) is 14.8 Å². The van der Waals surface area contributed by atoms with E-state index in [2.05, 4.69) is 20.0 Å². The summed E-state index contributed by atoms with van der Waals surface area (Å²) in [4.78, 5) is 30.1. The zero-order valence-corrected chi connectivity index (χ0v) is 11.0. The molecule has 0 aromatic carbocycles. The van der Waals surface area contributed by atoms with Crippen molar-refractivity contribution >= 4 is 17.8 Å². The van der Waals surface area contributed by atoms with Gasteiger partial charge in [-0.3, -0.25) is 4.79 Å². The van der Waals surface area contributed by atoms with Crippen molar-refractivity contribution in [2.24, 2.45) is 0 Å². The number of anilines is 1. The van der Waals surface area contributed by atoms with Crippen LogP contribution in [0.4, 0.5) is 5.82 Å². The van der Waals surface area contributed by atoms with Gasteiger partial charge in [-0.05, 0) is 19.4 Å². The van der Waals surface area contributed by atoms with Crippen LogP contribution in [0.25, 0.3) is 0 Å². The van der Waals surface area contributed by atoms with Gasteiger partial charge in [-0.15, -0.1) is 0 Å². The molecule has 1 aromatic rings. The summed E-state index contributed by atoms with van der Waals surface area (Å²) < 4.78 is 9.33. The predicted molar refractivity (Wildman–Crippen MR) is 67.7 cm³/mol. The summed E-state index contributed by atoms with van der Waals surface area (Å²) in [6, 6.07) is 1.64. The number of nitrogens with one attached hydrogen (secondary N) is 1. The lowest BCUT2D eigenvalue weighted by atomic mass is 10.3. The summed E-state index contributed by atoms with van der Waals surface area (Å²) in [7, 11) is 1.27. The Kier molecular flexibility index (Phi) is 6.28. The molecule has 1 aromatic heterocycles. The molecule has 1 heterocycles. The number of esters is 2. The molecule has 0 atom stereocenters. The van der Waals surface area contributed by atoms with Crippen LogP contribution in [0.15, 0.2) is 12.3 Å². The van der Waals surface area contributed by atoms with E-state index in [1.165, 1.54) is 13.3 Å². The lowest BCUT2D eigenvalue weighted by molar-refractivity contribution is -0.143. The van der Waals surface area contributed by atoms with Crippen LogP contribution in [0.3, 0.4) is 0 Å². The smallest absolute Gasteiger partial charge is 0.376 e. The van der Waals surface area contributed by atoms with E-state index in [9.17, 15) is 9.59 Å². The fourth-order valence-electron chi connectivity index (χ4n) is 1.33. The second-order valence-electron chi connectivity index (χ2n) is 3.59. The first-order valence-electron chi connectivity index (χ1n) is 5.98. The number of aromatic nitrogens is 2. The molecular formula is C12H17N3O4. The topological polar surface area (TPSA) is 90.4 Å². The van der Waals surface area contributed by atoms with E-state index in [1.54, 1.807) is 13.0 Å². The Labute approximate surface area is 111 Å². The molecule has 0 aliphatic carbocycles. The molecule has 0 spiro atoms. The molecular weight excluding hydrogens is 250 g/mol. The maximum atomic E-state index is 11.2. The Hall–Kier alpha value is -2.18. The largest absolute Gasteiger partial charge is 0.466 e. The second-order valence-corrected chi connectivity index (χ2v) is 3.59. The number of carbonyl (C=O) groups is 2. The van der Waals surface area contributed by atoms with Gasteiger partial charge >= 0.3 is 11.9 Å². The molecule has 0 bridgehead atoms. The van der Waals surface area contributed by atoms with Gasteiger partial charge in [0.15, 0.2) is 0 Å². The zero-order valence-electron chi connectivity index (χ0n) is 11.0. The van der Waals surface area contributed by atoms with E-state index in [4.69, 9.17) is 4.74 Å². The van der Waals surface area contributed by atoms with E-state index in [0.29, 0.717) is 31.8 Å². The van der Waals surface area contributed by atoms with Gasteiger partial charge < -0.3 is 14.8 Å². The highest BCUT2D eigenvalue weighted by molar-refractivity contribution is 5.85. The molecule has 0 aliphatic rings. The van der Waals surface area contributed by atoms with Gasteiger partial charge in [0, 0.05) is 19.2 Å². The van der Waals surface area contributed by atoms with Crippen LogP contribution in [-0.2, 0) is 14.3 Å². The maximum absolute atomic E-state index is 11.2. The highest BCUT2D eigenvalue weighted by Crippen LogP contribution is 2.03. The Morgan fingerprint density at radius 1 is 1.42 bits per heavy atom. The molecule has 104 valence electrons. The Bertz CT molecular complexity index is 437. The number of carbonyl (C=O) groups excluding carboxylic acids is 2. The van der Waals surface area contributed by atoms with Gasteiger partial charge in [-0.1, -0.05) is 0 Å². The van der Waals surface area contributed by atoms with E-state index in [0.717, 1.165) is 0 Å². The highest BCUT2D eigenvalue weighted by atomic mass is 16.5. The van der Waals surface area contributed by atoms with Crippen LogP contribution in [0.1, 0.15) is 30.4 Å². The first-order valence-corrected chi connectivity index (χ1v) is 5.98. The Morgan fingerprint density at radius 2 is 2.21 bits per heavy atom. The lowest BCUT2D eigenvalue weighted by Crippen LogP contribution is -2.12. The zero-order chi connectivity index (χ0) is 14.1. The van der Waals surface area contributed by atoms with Crippen molar-refractivity contribution in [1.29, 1.82) is 0 Å². The highest BCUT2D eigenvalue weighted by Gasteiger charge is 2.09. The summed E-state index contributed by atoms with van der Waals surface area (Å²) in [6.07, 6.45) is 2.43. The van der Waals surface area contributed by atoms with Crippen LogP contribution in [-0.4, -0.2) is 42.2 Å². The van der Waals surface area contributed by atoms with E-state index < -0.39 is 5.97 Å². The van der Waals surface area contributed by atoms with Crippen molar-refractivity contribution < 1.29 is 19.1 Å². The molecule has 0 unspecified atom stereocenters. The fraction of sp³-hybridized carbons (Fsp3) is 0.500. The van der Waals surface area contributed by atoms with Crippen molar-refractivity contribution in [3.63, 3.8) is 0 Å². The number of rotatable bonds is 7. The summed E-state index contributed by atoms with van der Waals surface area (Å²) in [5.74, 6) is -0.297. The summed E-state index contributed by atoms with van der Waals surface area (Å²) in [5.41, 5.74) is 0. The Morgan fingerprint density at radius 3 is 2.89 bits per heavy atom. The van der Waals surface area contributed by atoms with Crippen molar-refractivity contribution in [2.45, 2.75) is 19.8 Å². The maximum Gasteiger partial charge on any atom is 0.376 e. The molecule has 0 radical (unpaired) electrons. The third-order valence-electron chi connectivity index (χ3n) is 2.19. The van der Waals surface area contributed by atoms with Gasteiger partial charge in [0.2, 0.25) is 5.82 Å². The van der Waals surface area contributed by atoms with E-state index >= 15 is 0 Å². The standard InChI is InChI=1S/C12H17N3O4/c1-3-19-10(16)5-4-7-13-9-6-8-14-11(15-9)12(17)18-2/h6,8H,3-5,7H2,1-2H3,(H,13,14,15). The first-order chi connectivity index (χ1) is 9.17. The van der Waals surface area contributed by atoms with E-state index in [-0.39, 0.29) is 11.8 Å². The van der Waals surface area contributed by atoms with Crippen LogP contribution < -0.4 is 5.32 Å². The van der Waals surface area contributed by atoms with Crippen LogP contribution in [0.2, 0.25) is 0 Å². The van der Waals surface area contributed by atoms with Crippen molar-refractivity contribution in [1.82, 2.24) is 9.97 Å². The second kappa shape index (κ2) is 8.02. The minimum absolute atomic E-state index is 0.00195. The summed E-state index contributed by atoms with van der Waals surface area (Å²) >= 11 is 0. The molecule has 19 heavy (non-hydrogen) atoms. The quantitative estimate of drug-likeness (QED) is 0.582. The molecule has 0 saturated heterocycles. The minimum atomic E-state index is -0.588. The number of ether oxygens (including phenoxy) is 2. The normalized spacial score (nSPS) is 9.79. The number of hydrogen-bond acceptors (Lipinski definition) is 7. The number of hydrogen-bond donors (Lipinski definition) is 1.